The number of Topliss-reactive ketones (excluding diaryl/α,β-unsaturated/α-hetero) is 1. The number of methoxy groups -OCH3 is 1. The Labute approximate surface area is 274 Å². The number of nitrogens with zero attached hydrogens (tertiary/aromatic N) is 1. The van der Waals surface area contributed by atoms with E-state index in [-0.39, 0.29) is 35.0 Å². The van der Waals surface area contributed by atoms with Crippen LogP contribution in [0.2, 0.25) is 0 Å². The molecule has 0 bridgehead atoms. The van der Waals surface area contributed by atoms with Crippen molar-refractivity contribution in [1.82, 2.24) is 10.3 Å². The van der Waals surface area contributed by atoms with E-state index in [1.54, 1.807) is 43.6 Å². The summed E-state index contributed by atoms with van der Waals surface area (Å²) in [5.74, 6) is 0.735. The van der Waals surface area contributed by atoms with Gasteiger partial charge in [-0.15, -0.1) is 0 Å². The van der Waals surface area contributed by atoms with Gasteiger partial charge in [0.25, 0.3) is 0 Å². The van der Waals surface area contributed by atoms with E-state index in [9.17, 15) is 9.59 Å². The zero-order chi connectivity index (χ0) is 32.4. The summed E-state index contributed by atoms with van der Waals surface area (Å²) >= 11 is 0. The molecule has 1 heterocycles. The highest BCUT2D eigenvalue weighted by atomic mass is 19.1. The Morgan fingerprint density at radius 1 is 0.915 bits per heavy atom. The number of carbonyl (C=O) groups is 2. The van der Waals surface area contributed by atoms with Gasteiger partial charge in [0.15, 0.2) is 17.3 Å². The minimum atomic E-state index is -1.11. The molecule has 9 heteroatoms. The summed E-state index contributed by atoms with van der Waals surface area (Å²) in [7, 11) is 1.60. The van der Waals surface area contributed by atoms with E-state index in [0.29, 0.717) is 59.3 Å². The van der Waals surface area contributed by atoms with Gasteiger partial charge in [0.05, 0.1) is 18.2 Å². The highest BCUT2D eigenvalue weighted by Crippen LogP contribution is 2.48. The lowest BCUT2D eigenvalue weighted by molar-refractivity contribution is -0.132. The number of ether oxygens (including phenoxy) is 3. The summed E-state index contributed by atoms with van der Waals surface area (Å²) in [6.07, 6.45) is 10.9. The molecule has 3 aliphatic carbocycles. The van der Waals surface area contributed by atoms with Crippen LogP contribution in [0.4, 0.5) is 10.1 Å². The molecule has 0 spiro atoms. The standard InChI is InChI=1S/C38H40FN3O5/c1-45-33-22-29-31(23-34(33)46-24-37(15-16-37)42-27-10-6-3-7-11-27)40-19-14-32(29)47-28-13-12-25(30(39)21-28)20-35(43)38(17-18-38)36(44)41-26-8-4-2-5-9-26/h2,4-5,8-9,12-14,19,21-23,27,42H,3,6-7,10-11,15-18,20,24H2,1H3,(H,41,44). The summed E-state index contributed by atoms with van der Waals surface area (Å²) < 4.78 is 33.5. The lowest BCUT2D eigenvalue weighted by Gasteiger charge is -2.28. The molecular weight excluding hydrogens is 597 g/mol. The predicted octanol–water partition coefficient (Wildman–Crippen LogP) is 7.54. The Morgan fingerprint density at radius 2 is 1.70 bits per heavy atom. The Kier molecular flexibility index (Phi) is 8.57. The second-order valence-corrected chi connectivity index (χ2v) is 13.2. The maximum atomic E-state index is 15.3. The summed E-state index contributed by atoms with van der Waals surface area (Å²) in [5.41, 5.74) is 0.420. The lowest BCUT2D eigenvalue weighted by atomic mass is 9.93. The van der Waals surface area contributed by atoms with Crippen molar-refractivity contribution in [2.45, 2.75) is 75.8 Å². The van der Waals surface area contributed by atoms with E-state index < -0.39 is 11.2 Å². The molecular formula is C38H40FN3O5. The number of para-hydroxylation sites is 1. The molecule has 0 aliphatic heterocycles. The van der Waals surface area contributed by atoms with Gasteiger partial charge in [0.2, 0.25) is 5.91 Å². The Balaban J connectivity index is 1.02. The molecule has 47 heavy (non-hydrogen) atoms. The molecule has 2 N–H and O–H groups in total. The number of nitrogens with one attached hydrogen (secondary N) is 2. The van der Waals surface area contributed by atoms with Crippen molar-refractivity contribution in [3.63, 3.8) is 0 Å². The van der Waals surface area contributed by atoms with E-state index in [2.05, 4.69) is 15.6 Å². The third-order valence-electron chi connectivity index (χ3n) is 9.81. The number of anilines is 1. The third kappa shape index (κ3) is 6.81. The molecule has 1 amide bonds. The number of rotatable bonds is 13. The van der Waals surface area contributed by atoms with Gasteiger partial charge in [-0.3, -0.25) is 14.6 Å². The molecule has 3 aliphatic rings. The predicted molar refractivity (Wildman–Crippen MR) is 178 cm³/mol. The highest BCUT2D eigenvalue weighted by molar-refractivity contribution is 6.14. The van der Waals surface area contributed by atoms with E-state index in [1.165, 1.54) is 38.2 Å². The lowest BCUT2D eigenvalue weighted by Crippen LogP contribution is -2.44. The molecule has 0 unspecified atom stereocenters. The number of benzene rings is 3. The van der Waals surface area contributed by atoms with Crippen LogP contribution >= 0.6 is 0 Å². The molecule has 244 valence electrons. The minimum Gasteiger partial charge on any atom is -0.493 e. The number of fused-ring (bicyclic) bond motifs is 1. The van der Waals surface area contributed by atoms with E-state index in [4.69, 9.17) is 14.2 Å². The van der Waals surface area contributed by atoms with Crippen molar-refractivity contribution < 1.29 is 28.2 Å². The van der Waals surface area contributed by atoms with Crippen LogP contribution in [0.5, 0.6) is 23.0 Å². The van der Waals surface area contributed by atoms with Crippen molar-refractivity contribution in [2.75, 3.05) is 19.0 Å². The van der Waals surface area contributed by atoms with Crippen molar-refractivity contribution in [2.24, 2.45) is 5.41 Å². The molecule has 0 saturated heterocycles. The van der Waals surface area contributed by atoms with Crippen LogP contribution in [-0.4, -0.2) is 42.0 Å². The molecule has 3 saturated carbocycles. The molecule has 8 nitrogen and oxygen atoms in total. The SMILES string of the molecule is COc1cc2c(Oc3ccc(CC(=O)C4(C(=O)Nc5ccccc5)CC4)c(F)c3)ccnc2cc1OCC1(NC2CCCCC2)CC1. The molecule has 1 aromatic heterocycles. The average molecular weight is 638 g/mol. The fraction of sp³-hybridized carbons (Fsp3) is 0.395. The van der Waals surface area contributed by atoms with Crippen molar-refractivity contribution in [1.29, 1.82) is 0 Å². The first kappa shape index (κ1) is 31.1. The Hall–Kier alpha value is -4.50. The molecule has 3 fully saturated rings. The van der Waals surface area contributed by atoms with Crippen LogP contribution in [0.1, 0.15) is 63.4 Å². The molecule has 7 rings (SSSR count). The molecule has 0 atom stereocenters. The number of hydrogen-bond donors (Lipinski definition) is 2. The average Bonchev–Trinajstić information content (AvgIpc) is 4.03. The quantitative estimate of drug-likeness (QED) is 0.146. The van der Waals surface area contributed by atoms with Gasteiger partial charge in [-0.2, -0.15) is 0 Å². The van der Waals surface area contributed by atoms with Gasteiger partial charge >= 0.3 is 0 Å². The summed E-state index contributed by atoms with van der Waals surface area (Å²) in [5, 5.41) is 7.38. The zero-order valence-electron chi connectivity index (χ0n) is 26.7. The van der Waals surface area contributed by atoms with E-state index in [1.807, 2.05) is 30.3 Å². The van der Waals surface area contributed by atoms with E-state index in [0.717, 1.165) is 12.8 Å². The fourth-order valence-corrected chi connectivity index (χ4v) is 6.60. The number of aromatic nitrogens is 1. The van der Waals surface area contributed by atoms with Crippen molar-refractivity contribution in [3.05, 3.63) is 84.3 Å². The number of halogens is 1. The largest absolute Gasteiger partial charge is 0.493 e. The van der Waals surface area contributed by atoms with Crippen molar-refractivity contribution >= 4 is 28.3 Å². The van der Waals surface area contributed by atoms with Crippen molar-refractivity contribution in [3.8, 4) is 23.0 Å². The zero-order valence-corrected chi connectivity index (χ0v) is 26.7. The van der Waals surface area contributed by atoms with Gasteiger partial charge in [-0.25, -0.2) is 4.39 Å². The second-order valence-electron chi connectivity index (χ2n) is 13.2. The molecule has 3 aromatic carbocycles. The van der Waals surface area contributed by atoms with Gasteiger partial charge in [0, 0.05) is 41.9 Å². The third-order valence-corrected chi connectivity index (χ3v) is 9.81. The topological polar surface area (TPSA) is 98.8 Å². The maximum Gasteiger partial charge on any atom is 0.238 e. The van der Waals surface area contributed by atoms with Crippen LogP contribution in [0, 0.1) is 11.2 Å². The van der Waals surface area contributed by atoms with Crippen LogP contribution in [0.15, 0.2) is 72.9 Å². The maximum absolute atomic E-state index is 15.3. The number of pyridine rings is 1. The first-order valence-electron chi connectivity index (χ1n) is 16.6. The van der Waals surface area contributed by atoms with Gasteiger partial charge in [-0.1, -0.05) is 43.5 Å². The molecule has 4 aromatic rings. The van der Waals surface area contributed by atoms with Crippen LogP contribution in [0.3, 0.4) is 0 Å². The Bertz CT molecular complexity index is 1780. The number of amides is 1. The first-order valence-corrected chi connectivity index (χ1v) is 16.6. The minimum absolute atomic E-state index is 0.0228. The summed E-state index contributed by atoms with van der Waals surface area (Å²) in [6.45, 7) is 0.564. The number of ketones is 1. The highest BCUT2D eigenvalue weighted by Gasteiger charge is 2.55. The van der Waals surface area contributed by atoms with Gasteiger partial charge < -0.3 is 24.8 Å². The fourth-order valence-electron chi connectivity index (χ4n) is 6.60. The normalized spacial score (nSPS) is 17.9. The van der Waals surface area contributed by atoms with Gasteiger partial charge in [-0.05, 0) is 74.4 Å². The Morgan fingerprint density at radius 3 is 2.40 bits per heavy atom. The smallest absolute Gasteiger partial charge is 0.238 e. The van der Waals surface area contributed by atoms with Crippen LogP contribution in [-0.2, 0) is 16.0 Å². The van der Waals surface area contributed by atoms with Gasteiger partial charge in [0.1, 0.15) is 29.3 Å². The van der Waals surface area contributed by atoms with Crippen LogP contribution < -0.4 is 24.8 Å². The summed E-state index contributed by atoms with van der Waals surface area (Å²) in [6, 6.07) is 19.4. The van der Waals surface area contributed by atoms with E-state index >= 15 is 4.39 Å². The van der Waals surface area contributed by atoms with Crippen LogP contribution in [0.25, 0.3) is 10.9 Å². The number of hydrogen-bond acceptors (Lipinski definition) is 7. The second kappa shape index (κ2) is 13.0. The first-order chi connectivity index (χ1) is 22.9. The molecule has 0 radical (unpaired) electrons. The summed E-state index contributed by atoms with van der Waals surface area (Å²) in [4.78, 5) is 30.7. The number of carbonyl (C=O) groups excluding carboxylic acids is 2. The monoisotopic (exact) mass is 637 g/mol.